The minimum atomic E-state index is 0.832. The van der Waals surface area contributed by atoms with Gasteiger partial charge in [0, 0.05) is 31.9 Å². The summed E-state index contributed by atoms with van der Waals surface area (Å²) in [5.74, 6) is 1.80. The van der Waals surface area contributed by atoms with Crippen molar-refractivity contribution in [3.05, 3.63) is 53.9 Å². The molecule has 4 aromatic rings. The van der Waals surface area contributed by atoms with E-state index >= 15 is 0 Å². The minimum absolute atomic E-state index is 0.832. The fourth-order valence-corrected chi connectivity index (χ4v) is 4.34. The van der Waals surface area contributed by atoms with Crippen molar-refractivity contribution in [2.75, 3.05) is 43.1 Å². The average molecular weight is 387 g/mol. The third-order valence-corrected chi connectivity index (χ3v) is 6.07. The monoisotopic (exact) mass is 387 g/mol. The first-order chi connectivity index (χ1) is 14.2. The molecule has 0 aliphatic carbocycles. The Bertz CT molecular complexity index is 1190. The number of aryl methyl sites for hydroxylation is 1. The fraction of sp³-hybridized carbons (Fsp3) is 0.304. The van der Waals surface area contributed by atoms with Gasteiger partial charge in [-0.05, 0) is 43.2 Å². The van der Waals surface area contributed by atoms with Crippen LogP contribution in [0, 0.1) is 13.8 Å². The first kappa shape index (κ1) is 17.8. The number of anilines is 2. The fourth-order valence-electron chi connectivity index (χ4n) is 4.34. The van der Waals surface area contributed by atoms with Gasteiger partial charge in [-0.1, -0.05) is 18.2 Å². The van der Waals surface area contributed by atoms with Gasteiger partial charge in [0.1, 0.15) is 23.1 Å². The van der Waals surface area contributed by atoms with Crippen LogP contribution in [-0.2, 0) is 0 Å². The highest BCUT2D eigenvalue weighted by molar-refractivity contribution is 6.11. The largest absolute Gasteiger partial charge is 0.496 e. The summed E-state index contributed by atoms with van der Waals surface area (Å²) in [6.07, 6.45) is 1.66. The zero-order chi connectivity index (χ0) is 20.0. The van der Waals surface area contributed by atoms with Crippen LogP contribution in [0.15, 0.2) is 42.7 Å². The van der Waals surface area contributed by atoms with Gasteiger partial charge in [0.25, 0.3) is 0 Å². The van der Waals surface area contributed by atoms with E-state index in [2.05, 4.69) is 62.9 Å². The highest BCUT2D eigenvalue weighted by Crippen LogP contribution is 2.35. The molecule has 0 radical (unpaired) electrons. The molecule has 2 aromatic heterocycles. The molecule has 0 atom stereocenters. The Kier molecular flexibility index (Phi) is 4.27. The molecule has 0 spiro atoms. The second-order valence-electron chi connectivity index (χ2n) is 7.62. The smallest absolute Gasteiger partial charge is 0.156 e. The highest BCUT2D eigenvalue weighted by Gasteiger charge is 2.23. The predicted octanol–water partition coefficient (Wildman–Crippen LogP) is 4.06. The number of nitrogens with zero attached hydrogens (tertiary/aromatic N) is 4. The molecule has 6 heteroatoms. The van der Waals surface area contributed by atoms with Crippen LogP contribution in [0.2, 0.25) is 0 Å². The summed E-state index contributed by atoms with van der Waals surface area (Å²) in [4.78, 5) is 17.5. The van der Waals surface area contributed by atoms with Crippen LogP contribution in [0.4, 0.5) is 11.5 Å². The first-order valence-corrected chi connectivity index (χ1v) is 10.0. The average Bonchev–Trinajstić information content (AvgIpc) is 3.15. The van der Waals surface area contributed by atoms with Gasteiger partial charge in [-0.15, -0.1) is 0 Å². The maximum absolute atomic E-state index is 5.56. The van der Waals surface area contributed by atoms with Crippen molar-refractivity contribution in [1.29, 1.82) is 0 Å². The van der Waals surface area contributed by atoms with Gasteiger partial charge in [0.2, 0.25) is 0 Å². The number of rotatable bonds is 3. The molecule has 6 nitrogen and oxygen atoms in total. The maximum Gasteiger partial charge on any atom is 0.156 e. The Morgan fingerprint density at radius 2 is 1.69 bits per heavy atom. The van der Waals surface area contributed by atoms with Gasteiger partial charge in [-0.2, -0.15) is 0 Å². The number of fused-ring (bicyclic) bond motifs is 3. The quantitative estimate of drug-likeness (QED) is 0.574. The summed E-state index contributed by atoms with van der Waals surface area (Å²) in [7, 11) is 1.70. The number of benzene rings is 2. The van der Waals surface area contributed by atoms with Crippen LogP contribution in [0.25, 0.3) is 21.9 Å². The molecule has 3 heterocycles. The summed E-state index contributed by atoms with van der Waals surface area (Å²) in [5.41, 5.74) is 6.97. The molecule has 148 valence electrons. The second kappa shape index (κ2) is 6.95. The van der Waals surface area contributed by atoms with Gasteiger partial charge >= 0.3 is 0 Å². The maximum atomic E-state index is 5.56. The Hall–Kier alpha value is -3.28. The number of aromatic amines is 1. The van der Waals surface area contributed by atoms with E-state index < -0.39 is 0 Å². The van der Waals surface area contributed by atoms with Gasteiger partial charge in [-0.3, -0.25) is 0 Å². The molecule has 1 saturated heterocycles. The van der Waals surface area contributed by atoms with Crippen molar-refractivity contribution in [3.8, 4) is 5.75 Å². The minimum Gasteiger partial charge on any atom is -0.496 e. The van der Waals surface area contributed by atoms with E-state index in [1.807, 2.05) is 12.1 Å². The molecule has 0 saturated carbocycles. The van der Waals surface area contributed by atoms with Crippen molar-refractivity contribution < 1.29 is 4.74 Å². The zero-order valence-corrected chi connectivity index (χ0v) is 17.1. The molecule has 29 heavy (non-hydrogen) atoms. The third kappa shape index (κ3) is 2.87. The zero-order valence-electron chi connectivity index (χ0n) is 17.1. The van der Waals surface area contributed by atoms with Gasteiger partial charge in [0.15, 0.2) is 5.82 Å². The van der Waals surface area contributed by atoms with Crippen LogP contribution in [-0.4, -0.2) is 48.2 Å². The molecular weight excluding hydrogens is 362 g/mol. The molecule has 0 unspecified atom stereocenters. The van der Waals surface area contributed by atoms with Crippen molar-refractivity contribution in [3.63, 3.8) is 0 Å². The molecule has 1 N–H and O–H groups in total. The highest BCUT2D eigenvalue weighted by atomic mass is 16.5. The summed E-state index contributed by atoms with van der Waals surface area (Å²) in [5, 5.41) is 1.02. The van der Waals surface area contributed by atoms with Gasteiger partial charge < -0.3 is 19.5 Å². The van der Waals surface area contributed by atoms with Crippen molar-refractivity contribution in [1.82, 2.24) is 15.0 Å². The lowest BCUT2D eigenvalue weighted by Crippen LogP contribution is -2.47. The normalized spacial score (nSPS) is 14.7. The molecule has 2 aromatic carbocycles. The van der Waals surface area contributed by atoms with Crippen LogP contribution in [0.1, 0.15) is 11.1 Å². The Balaban J connectivity index is 1.47. The summed E-state index contributed by atoms with van der Waals surface area (Å²) < 4.78 is 5.56. The number of nitrogens with one attached hydrogen (secondary N) is 1. The van der Waals surface area contributed by atoms with E-state index in [9.17, 15) is 0 Å². The van der Waals surface area contributed by atoms with Crippen molar-refractivity contribution in [2.45, 2.75) is 13.8 Å². The summed E-state index contributed by atoms with van der Waals surface area (Å²) in [6.45, 7) is 8.18. The van der Waals surface area contributed by atoms with Crippen LogP contribution in [0.5, 0.6) is 5.75 Å². The molecular formula is C23H25N5O. The van der Waals surface area contributed by atoms with E-state index in [1.165, 1.54) is 16.8 Å². The number of hydrogen-bond acceptors (Lipinski definition) is 5. The molecule has 0 amide bonds. The van der Waals surface area contributed by atoms with Crippen LogP contribution >= 0.6 is 0 Å². The number of piperazine rings is 1. The molecule has 1 aliphatic heterocycles. The Morgan fingerprint density at radius 1 is 0.931 bits per heavy atom. The second-order valence-corrected chi connectivity index (χ2v) is 7.62. The van der Waals surface area contributed by atoms with Gasteiger partial charge in [0.05, 0.1) is 18.0 Å². The molecule has 1 fully saturated rings. The van der Waals surface area contributed by atoms with E-state index in [4.69, 9.17) is 4.74 Å². The van der Waals surface area contributed by atoms with E-state index in [-0.39, 0.29) is 0 Å². The SMILES string of the molecule is COc1cccc2[nH]c3c(N4CCN(c5cccc(C)c5C)CC4)ncnc3c12. The standard InChI is InChI=1S/C23H25N5O/c1-15-6-4-8-18(16(15)2)27-10-12-28(13-11-27)23-22-21(24-14-25-23)20-17(26-22)7-5-9-19(20)29-3/h4-9,14,26H,10-13H2,1-3H3. The number of methoxy groups -OCH3 is 1. The van der Waals surface area contributed by atoms with Crippen molar-refractivity contribution in [2.24, 2.45) is 0 Å². The first-order valence-electron chi connectivity index (χ1n) is 10.0. The topological polar surface area (TPSA) is 57.3 Å². The Labute approximate surface area is 170 Å². The molecule has 1 aliphatic rings. The van der Waals surface area contributed by atoms with E-state index in [0.717, 1.165) is 59.7 Å². The Morgan fingerprint density at radius 3 is 2.48 bits per heavy atom. The molecule has 0 bridgehead atoms. The predicted molar refractivity (Wildman–Crippen MR) is 118 cm³/mol. The van der Waals surface area contributed by atoms with Crippen LogP contribution < -0.4 is 14.5 Å². The van der Waals surface area contributed by atoms with E-state index in [1.54, 1.807) is 13.4 Å². The molecule has 5 rings (SSSR count). The number of hydrogen-bond donors (Lipinski definition) is 1. The number of ether oxygens (including phenoxy) is 1. The lowest BCUT2D eigenvalue weighted by Gasteiger charge is -2.37. The number of aromatic nitrogens is 3. The summed E-state index contributed by atoms with van der Waals surface area (Å²) >= 11 is 0. The third-order valence-electron chi connectivity index (χ3n) is 6.07. The lowest BCUT2D eigenvalue weighted by atomic mass is 10.1. The van der Waals surface area contributed by atoms with Crippen molar-refractivity contribution >= 4 is 33.4 Å². The number of H-pyrrole nitrogens is 1. The lowest BCUT2D eigenvalue weighted by molar-refractivity contribution is 0.420. The van der Waals surface area contributed by atoms with Gasteiger partial charge in [-0.25, -0.2) is 9.97 Å². The summed E-state index contributed by atoms with van der Waals surface area (Å²) in [6, 6.07) is 12.6. The van der Waals surface area contributed by atoms with E-state index in [0.29, 0.717) is 0 Å². The van der Waals surface area contributed by atoms with Crippen LogP contribution in [0.3, 0.4) is 0 Å².